The molecule has 1 heterocycles. The summed E-state index contributed by atoms with van der Waals surface area (Å²) in [5, 5.41) is 0. The molecule has 0 unspecified atom stereocenters. The first-order valence-electron chi connectivity index (χ1n) is 5.57. The number of carbonyl (C=O) groups is 2. The van der Waals surface area contributed by atoms with Gasteiger partial charge in [-0.2, -0.15) is 0 Å². The maximum Gasteiger partial charge on any atom is 0.307 e. The molecule has 0 fully saturated rings. The molecule has 0 N–H and O–H groups in total. The minimum Gasteiger partial charge on any atom is -0.466 e. The molecule has 1 aromatic rings. The van der Waals surface area contributed by atoms with E-state index in [2.05, 4.69) is 20.9 Å². The number of pyridine rings is 1. The van der Waals surface area contributed by atoms with E-state index in [1.165, 1.54) is 11.1 Å². The van der Waals surface area contributed by atoms with Crippen LogP contribution in [-0.4, -0.2) is 42.0 Å². The number of hydrogen-bond donors (Lipinski definition) is 0. The van der Waals surface area contributed by atoms with Gasteiger partial charge in [0, 0.05) is 19.8 Å². The number of nitrogens with zero attached hydrogens (tertiary/aromatic N) is 2. The largest absolute Gasteiger partial charge is 0.466 e. The van der Waals surface area contributed by atoms with Gasteiger partial charge in [-0.3, -0.25) is 9.59 Å². The summed E-state index contributed by atoms with van der Waals surface area (Å²) in [6, 6.07) is 3.38. The first-order valence-corrected chi connectivity index (χ1v) is 6.36. The summed E-state index contributed by atoms with van der Waals surface area (Å²) in [4.78, 5) is 28.6. The zero-order valence-electron chi connectivity index (χ0n) is 10.4. The van der Waals surface area contributed by atoms with Gasteiger partial charge in [-0.25, -0.2) is 4.98 Å². The first-order chi connectivity index (χ1) is 8.54. The number of ether oxygens (including phenoxy) is 1. The fourth-order valence-corrected chi connectivity index (χ4v) is 1.55. The van der Waals surface area contributed by atoms with Gasteiger partial charge in [-0.15, -0.1) is 0 Å². The van der Waals surface area contributed by atoms with Crippen molar-refractivity contribution in [3.8, 4) is 0 Å². The van der Waals surface area contributed by atoms with E-state index in [0.29, 0.717) is 23.3 Å². The van der Waals surface area contributed by atoms with Crippen LogP contribution in [0.5, 0.6) is 0 Å². The highest BCUT2D eigenvalue weighted by Crippen LogP contribution is 2.08. The molecule has 0 atom stereocenters. The Morgan fingerprint density at radius 2 is 2.17 bits per heavy atom. The van der Waals surface area contributed by atoms with Crippen molar-refractivity contribution in [3.63, 3.8) is 0 Å². The highest BCUT2D eigenvalue weighted by atomic mass is 79.9. The Hall–Kier alpha value is -1.43. The molecule has 0 bridgehead atoms. The van der Waals surface area contributed by atoms with E-state index in [0.717, 1.165) is 0 Å². The van der Waals surface area contributed by atoms with Gasteiger partial charge in [0.15, 0.2) is 0 Å². The Balaban J connectivity index is 2.51. The van der Waals surface area contributed by atoms with Crippen LogP contribution in [0.1, 0.15) is 23.7 Å². The van der Waals surface area contributed by atoms with E-state index < -0.39 is 0 Å². The summed E-state index contributed by atoms with van der Waals surface area (Å²) in [5.74, 6) is -0.467. The lowest BCUT2D eigenvalue weighted by molar-refractivity contribution is -0.143. The Kier molecular flexibility index (Phi) is 5.77. The Labute approximate surface area is 114 Å². The number of rotatable bonds is 5. The van der Waals surface area contributed by atoms with E-state index >= 15 is 0 Å². The van der Waals surface area contributed by atoms with Gasteiger partial charge in [0.2, 0.25) is 0 Å². The Morgan fingerprint density at radius 1 is 1.44 bits per heavy atom. The van der Waals surface area contributed by atoms with Crippen molar-refractivity contribution in [1.29, 1.82) is 0 Å². The molecule has 0 saturated heterocycles. The van der Waals surface area contributed by atoms with Crippen LogP contribution in [0.25, 0.3) is 0 Å². The summed E-state index contributed by atoms with van der Waals surface area (Å²) in [7, 11) is 1.64. The van der Waals surface area contributed by atoms with Crippen LogP contribution >= 0.6 is 15.9 Å². The predicted molar refractivity (Wildman–Crippen MR) is 70.1 cm³/mol. The second-order valence-corrected chi connectivity index (χ2v) is 4.46. The van der Waals surface area contributed by atoms with E-state index in [1.807, 2.05) is 0 Å². The Morgan fingerprint density at radius 3 is 2.72 bits per heavy atom. The summed E-state index contributed by atoms with van der Waals surface area (Å²) < 4.78 is 5.47. The van der Waals surface area contributed by atoms with Gasteiger partial charge in [0.1, 0.15) is 4.60 Å². The van der Waals surface area contributed by atoms with E-state index in [-0.39, 0.29) is 18.3 Å². The average molecular weight is 315 g/mol. The molecule has 0 aliphatic rings. The summed E-state index contributed by atoms with van der Waals surface area (Å²) in [6.07, 6.45) is 1.69. The fraction of sp³-hybridized carbons (Fsp3) is 0.417. The maximum absolute atomic E-state index is 11.9. The van der Waals surface area contributed by atoms with Crippen LogP contribution in [0.4, 0.5) is 0 Å². The lowest BCUT2D eigenvalue weighted by atomic mass is 10.2. The zero-order chi connectivity index (χ0) is 13.5. The van der Waals surface area contributed by atoms with E-state index in [1.54, 1.807) is 26.1 Å². The first kappa shape index (κ1) is 14.6. The monoisotopic (exact) mass is 314 g/mol. The second kappa shape index (κ2) is 7.10. The lowest BCUT2D eigenvalue weighted by Gasteiger charge is -2.16. The standard InChI is InChI=1S/C12H15BrN2O3/c1-3-18-11(16)6-7-15(2)12(17)9-4-5-10(13)14-8-9/h4-5,8H,3,6-7H2,1-2H3. The van der Waals surface area contributed by atoms with Crippen molar-refractivity contribution in [2.24, 2.45) is 0 Å². The minimum absolute atomic E-state index is 0.167. The van der Waals surface area contributed by atoms with Crippen LogP contribution < -0.4 is 0 Å². The van der Waals surface area contributed by atoms with Crippen molar-refractivity contribution < 1.29 is 14.3 Å². The molecule has 0 radical (unpaired) electrons. The van der Waals surface area contributed by atoms with Gasteiger partial charge in [-0.1, -0.05) is 0 Å². The lowest BCUT2D eigenvalue weighted by Crippen LogP contribution is -2.29. The number of hydrogen-bond acceptors (Lipinski definition) is 4. The molecular weight excluding hydrogens is 300 g/mol. The third-order valence-electron chi connectivity index (χ3n) is 2.28. The van der Waals surface area contributed by atoms with Gasteiger partial charge in [-0.05, 0) is 35.0 Å². The maximum atomic E-state index is 11.9. The normalized spacial score (nSPS) is 9.94. The van der Waals surface area contributed by atoms with Gasteiger partial charge < -0.3 is 9.64 Å². The van der Waals surface area contributed by atoms with Crippen molar-refractivity contribution in [3.05, 3.63) is 28.5 Å². The van der Waals surface area contributed by atoms with E-state index in [4.69, 9.17) is 4.74 Å². The van der Waals surface area contributed by atoms with Crippen molar-refractivity contribution in [2.75, 3.05) is 20.2 Å². The van der Waals surface area contributed by atoms with Gasteiger partial charge in [0.05, 0.1) is 18.6 Å². The highest BCUT2D eigenvalue weighted by molar-refractivity contribution is 9.10. The molecule has 1 amide bonds. The van der Waals surface area contributed by atoms with Crippen LogP contribution in [-0.2, 0) is 9.53 Å². The van der Waals surface area contributed by atoms with E-state index in [9.17, 15) is 9.59 Å². The number of amides is 1. The highest BCUT2D eigenvalue weighted by Gasteiger charge is 2.13. The third kappa shape index (κ3) is 4.44. The Bertz CT molecular complexity index is 420. The van der Waals surface area contributed by atoms with Crippen molar-refractivity contribution in [1.82, 2.24) is 9.88 Å². The quantitative estimate of drug-likeness (QED) is 0.615. The van der Waals surface area contributed by atoms with Crippen LogP contribution in [0.15, 0.2) is 22.9 Å². The molecule has 0 aliphatic carbocycles. The number of carbonyl (C=O) groups excluding carboxylic acids is 2. The van der Waals surface area contributed by atoms with Gasteiger partial charge >= 0.3 is 5.97 Å². The SMILES string of the molecule is CCOC(=O)CCN(C)C(=O)c1ccc(Br)nc1. The topological polar surface area (TPSA) is 59.5 Å². The summed E-state index contributed by atoms with van der Waals surface area (Å²) >= 11 is 3.20. The molecule has 0 aliphatic heterocycles. The molecule has 0 saturated carbocycles. The van der Waals surface area contributed by atoms with Crippen LogP contribution in [0.3, 0.4) is 0 Å². The third-order valence-corrected chi connectivity index (χ3v) is 2.75. The van der Waals surface area contributed by atoms with Crippen LogP contribution in [0, 0.1) is 0 Å². The fourth-order valence-electron chi connectivity index (χ4n) is 1.32. The zero-order valence-corrected chi connectivity index (χ0v) is 11.9. The summed E-state index contributed by atoms with van der Waals surface area (Å²) in [6.45, 7) is 2.43. The second-order valence-electron chi connectivity index (χ2n) is 3.65. The van der Waals surface area contributed by atoms with Gasteiger partial charge in [0.25, 0.3) is 5.91 Å². The number of halogens is 1. The number of esters is 1. The molecular formula is C12H15BrN2O3. The molecule has 6 heteroatoms. The molecule has 18 heavy (non-hydrogen) atoms. The summed E-state index contributed by atoms with van der Waals surface area (Å²) in [5.41, 5.74) is 0.490. The minimum atomic E-state index is -0.300. The molecule has 1 rings (SSSR count). The average Bonchev–Trinajstić information content (AvgIpc) is 2.36. The van der Waals surface area contributed by atoms with Crippen LogP contribution in [0.2, 0.25) is 0 Å². The molecule has 5 nitrogen and oxygen atoms in total. The van der Waals surface area contributed by atoms with Crippen molar-refractivity contribution in [2.45, 2.75) is 13.3 Å². The molecule has 98 valence electrons. The predicted octanol–water partition coefficient (Wildman–Crippen LogP) is 1.87. The molecule has 0 aromatic carbocycles. The smallest absolute Gasteiger partial charge is 0.307 e. The molecule has 0 spiro atoms. The van der Waals surface area contributed by atoms with Crippen molar-refractivity contribution >= 4 is 27.8 Å². The number of aromatic nitrogens is 1. The molecule has 1 aromatic heterocycles.